The zero-order valence-electron chi connectivity index (χ0n) is 13.2. The van der Waals surface area contributed by atoms with Gasteiger partial charge < -0.3 is 14.8 Å². The third-order valence-corrected chi connectivity index (χ3v) is 3.27. The van der Waals surface area contributed by atoms with E-state index in [9.17, 15) is 23.3 Å². The lowest BCUT2D eigenvalue weighted by molar-refractivity contribution is -0.385. The summed E-state index contributed by atoms with van der Waals surface area (Å²) in [6.45, 7) is 0.202. The van der Waals surface area contributed by atoms with Crippen LogP contribution in [0, 0.1) is 10.1 Å². The van der Waals surface area contributed by atoms with Gasteiger partial charge in [0.05, 0.1) is 17.6 Å². The van der Waals surface area contributed by atoms with E-state index < -0.39 is 22.4 Å². The highest BCUT2D eigenvalue weighted by molar-refractivity contribution is 5.57. The minimum atomic E-state index is -4.70. The number of non-ortho nitro benzene ring substituents is 1. The van der Waals surface area contributed by atoms with Crippen molar-refractivity contribution in [1.82, 2.24) is 0 Å². The first-order chi connectivity index (χ1) is 11.8. The molecule has 0 aromatic heterocycles. The molecule has 0 aliphatic rings. The molecule has 0 aliphatic carbocycles. The van der Waals surface area contributed by atoms with Crippen molar-refractivity contribution in [3.05, 3.63) is 58.1 Å². The van der Waals surface area contributed by atoms with Gasteiger partial charge in [-0.25, -0.2) is 0 Å². The molecule has 2 rings (SSSR count). The maximum absolute atomic E-state index is 13.0. The van der Waals surface area contributed by atoms with Crippen LogP contribution in [0.3, 0.4) is 0 Å². The summed E-state index contributed by atoms with van der Waals surface area (Å²) in [6.07, 6.45) is -4.70. The van der Waals surface area contributed by atoms with E-state index in [0.717, 1.165) is 12.1 Å². The van der Waals surface area contributed by atoms with Crippen molar-refractivity contribution < 1.29 is 27.6 Å². The topological polar surface area (TPSA) is 73.6 Å². The number of hydrogen-bond acceptors (Lipinski definition) is 5. The fourth-order valence-corrected chi connectivity index (χ4v) is 2.06. The van der Waals surface area contributed by atoms with Crippen LogP contribution in [0.15, 0.2) is 42.5 Å². The third-order valence-electron chi connectivity index (χ3n) is 3.27. The summed E-state index contributed by atoms with van der Waals surface area (Å²) in [5, 5.41) is 13.2. The van der Waals surface area contributed by atoms with E-state index >= 15 is 0 Å². The summed E-state index contributed by atoms with van der Waals surface area (Å²) in [4.78, 5) is 9.77. The molecule has 0 unspecified atom stereocenters. The zero-order chi connectivity index (χ0) is 18.4. The second-order valence-electron chi connectivity index (χ2n) is 4.94. The summed E-state index contributed by atoms with van der Waals surface area (Å²) in [5.41, 5.74) is -1.95. The first kappa shape index (κ1) is 18.4. The molecule has 0 saturated carbocycles. The maximum Gasteiger partial charge on any atom is 0.418 e. The molecule has 0 bridgehead atoms. The van der Waals surface area contributed by atoms with Crippen LogP contribution in [0.2, 0.25) is 0 Å². The van der Waals surface area contributed by atoms with Gasteiger partial charge in [0.1, 0.15) is 18.1 Å². The van der Waals surface area contributed by atoms with Gasteiger partial charge in [-0.3, -0.25) is 10.1 Å². The lowest BCUT2D eigenvalue weighted by Gasteiger charge is -2.14. The van der Waals surface area contributed by atoms with Crippen molar-refractivity contribution >= 4 is 11.4 Å². The fourth-order valence-electron chi connectivity index (χ4n) is 2.06. The average molecular weight is 356 g/mol. The Balaban J connectivity index is 1.98. The van der Waals surface area contributed by atoms with Gasteiger partial charge in [0.15, 0.2) is 0 Å². The average Bonchev–Trinajstić information content (AvgIpc) is 2.58. The second-order valence-corrected chi connectivity index (χ2v) is 4.94. The van der Waals surface area contributed by atoms with Crippen molar-refractivity contribution in [2.24, 2.45) is 0 Å². The molecule has 0 atom stereocenters. The van der Waals surface area contributed by atoms with E-state index in [1.54, 1.807) is 24.3 Å². The van der Waals surface area contributed by atoms with Crippen molar-refractivity contribution in [1.29, 1.82) is 0 Å². The lowest BCUT2D eigenvalue weighted by atomic mass is 10.1. The number of benzene rings is 2. The van der Waals surface area contributed by atoms with Crippen molar-refractivity contribution in [2.75, 3.05) is 25.6 Å². The monoisotopic (exact) mass is 356 g/mol. The molecule has 9 heteroatoms. The lowest BCUT2D eigenvalue weighted by Crippen LogP contribution is -2.16. The quantitative estimate of drug-likeness (QED) is 0.459. The molecule has 0 aliphatic heterocycles. The zero-order valence-corrected chi connectivity index (χ0v) is 13.2. The van der Waals surface area contributed by atoms with Crippen LogP contribution in [-0.4, -0.2) is 25.2 Å². The molecule has 25 heavy (non-hydrogen) atoms. The molecule has 2 aromatic rings. The highest BCUT2D eigenvalue weighted by Crippen LogP contribution is 2.37. The van der Waals surface area contributed by atoms with Crippen LogP contribution >= 0.6 is 0 Å². The van der Waals surface area contributed by atoms with Crippen molar-refractivity contribution in [3.8, 4) is 11.5 Å². The van der Waals surface area contributed by atoms with Crippen molar-refractivity contribution in [3.63, 3.8) is 0 Å². The largest absolute Gasteiger partial charge is 0.497 e. The Bertz CT molecular complexity index is 733. The SMILES string of the molecule is COc1ccc(OCCNc2ccc([N+](=O)[O-])cc2C(F)(F)F)cc1. The van der Waals surface area contributed by atoms with Gasteiger partial charge in [0, 0.05) is 24.4 Å². The molecular formula is C16H15F3N2O4. The fraction of sp³-hybridized carbons (Fsp3) is 0.250. The van der Waals surface area contributed by atoms with Crippen LogP contribution in [0.1, 0.15) is 5.56 Å². The molecule has 0 amide bonds. The van der Waals surface area contributed by atoms with Gasteiger partial charge in [0.25, 0.3) is 5.69 Å². The normalized spacial score (nSPS) is 11.0. The Morgan fingerprint density at radius 3 is 2.32 bits per heavy atom. The summed E-state index contributed by atoms with van der Waals surface area (Å²) in [6, 6.07) is 9.29. The number of nitro benzene ring substituents is 1. The Kier molecular flexibility index (Phi) is 5.68. The molecular weight excluding hydrogens is 341 g/mol. The van der Waals surface area contributed by atoms with Gasteiger partial charge >= 0.3 is 6.18 Å². The van der Waals surface area contributed by atoms with Gasteiger partial charge in [-0.05, 0) is 30.3 Å². The van der Waals surface area contributed by atoms with E-state index in [1.165, 1.54) is 7.11 Å². The molecule has 2 aromatic carbocycles. The summed E-state index contributed by atoms with van der Waals surface area (Å²) >= 11 is 0. The number of ether oxygens (including phenoxy) is 2. The Morgan fingerprint density at radius 2 is 1.76 bits per heavy atom. The van der Waals surface area contributed by atoms with Crippen LogP contribution < -0.4 is 14.8 Å². The molecule has 0 fully saturated rings. The first-order valence-electron chi connectivity index (χ1n) is 7.17. The minimum Gasteiger partial charge on any atom is -0.497 e. The number of hydrogen-bond donors (Lipinski definition) is 1. The maximum atomic E-state index is 13.0. The molecule has 0 heterocycles. The van der Waals surface area contributed by atoms with Crippen LogP contribution in [-0.2, 0) is 6.18 Å². The number of halogens is 3. The number of rotatable bonds is 7. The predicted octanol–water partition coefficient (Wildman–Crippen LogP) is 4.11. The third kappa shape index (κ3) is 5.00. The van der Waals surface area contributed by atoms with E-state index in [0.29, 0.717) is 17.6 Å². The van der Waals surface area contributed by atoms with Crippen LogP contribution in [0.5, 0.6) is 11.5 Å². The molecule has 134 valence electrons. The Morgan fingerprint density at radius 1 is 1.12 bits per heavy atom. The van der Waals surface area contributed by atoms with E-state index in [2.05, 4.69) is 5.32 Å². The van der Waals surface area contributed by atoms with E-state index in [4.69, 9.17) is 9.47 Å². The number of nitrogens with zero attached hydrogens (tertiary/aromatic N) is 1. The molecule has 0 saturated heterocycles. The molecule has 6 nitrogen and oxygen atoms in total. The molecule has 1 N–H and O–H groups in total. The summed E-state index contributed by atoms with van der Waals surface area (Å²) < 4.78 is 49.5. The highest BCUT2D eigenvalue weighted by atomic mass is 19.4. The van der Waals surface area contributed by atoms with Crippen LogP contribution in [0.4, 0.5) is 24.5 Å². The van der Waals surface area contributed by atoms with Crippen LogP contribution in [0.25, 0.3) is 0 Å². The number of alkyl halides is 3. The van der Waals surface area contributed by atoms with Gasteiger partial charge in [-0.2, -0.15) is 13.2 Å². The smallest absolute Gasteiger partial charge is 0.418 e. The Labute approximate surface area is 141 Å². The Hall–Kier alpha value is -2.97. The minimum absolute atomic E-state index is 0.0902. The molecule has 0 spiro atoms. The van der Waals surface area contributed by atoms with Gasteiger partial charge in [-0.1, -0.05) is 0 Å². The summed E-state index contributed by atoms with van der Waals surface area (Å²) in [5.74, 6) is 1.20. The van der Waals surface area contributed by atoms with Gasteiger partial charge in [0.2, 0.25) is 0 Å². The number of nitro groups is 1. The van der Waals surface area contributed by atoms with E-state index in [-0.39, 0.29) is 18.8 Å². The molecule has 0 radical (unpaired) electrons. The number of anilines is 1. The standard InChI is InChI=1S/C16H15F3N2O4/c1-24-12-3-5-13(6-4-12)25-9-8-20-15-7-2-11(21(22)23)10-14(15)16(17,18)19/h2-7,10,20H,8-9H2,1H3. The highest BCUT2D eigenvalue weighted by Gasteiger charge is 2.35. The number of methoxy groups -OCH3 is 1. The van der Waals surface area contributed by atoms with E-state index in [1.807, 2.05) is 0 Å². The summed E-state index contributed by atoms with van der Waals surface area (Å²) in [7, 11) is 1.53. The predicted molar refractivity (Wildman–Crippen MR) is 85.1 cm³/mol. The van der Waals surface area contributed by atoms with Gasteiger partial charge in [-0.15, -0.1) is 0 Å². The number of nitrogens with one attached hydrogen (secondary N) is 1. The van der Waals surface area contributed by atoms with Crippen molar-refractivity contribution in [2.45, 2.75) is 6.18 Å². The first-order valence-corrected chi connectivity index (χ1v) is 7.17. The second kappa shape index (κ2) is 7.73.